The van der Waals surface area contributed by atoms with Gasteiger partial charge in [0.25, 0.3) is 5.91 Å². The maximum Gasteiger partial charge on any atom is 0.412 e. The van der Waals surface area contributed by atoms with Crippen LogP contribution in [0.3, 0.4) is 0 Å². The van der Waals surface area contributed by atoms with Gasteiger partial charge in [-0.25, -0.2) is 9.78 Å². The Morgan fingerprint density at radius 2 is 1.72 bits per heavy atom. The van der Waals surface area contributed by atoms with Gasteiger partial charge in [-0.15, -0.1) is 23.1 Å². The number of benzene rings is 3. The van der Waals surface area contributed by atoms with E-state index in [9.17, 15) is 14.4 Å². The molecule has 0 spiro atoms. The average Bonchev–Trinajstić information content (AvgIpc) is 3.54. The highest BCUT2D eigenvalue weighted by Crippen LogP contribution is 2.45. The molecule has 2 aliphatic rings. The number of aromatic nitrogens is 1. The van der Waals surface area contributed by atoms with Crippen molar-refractivity contribution in [1.82, 2.24) is 15.2 Å². The Morgan fingerprint density at radius 3 is 2.47 bits per heavy atom. The molecule has 1 saturated heterocycles. The summed E-state index contributed by atoms with van der Waals surface area (Å²) in [5.74, 6) is 0.572. The van der Waals surface area contributed by atoms with Gasteiger partial charge in [-0.3, -0.25) is 14.5 Å². The minimum Gasteiger partial charge on any atom is -0.496 e. The first-order chi connectivity index (χ1) is 21.0. The van der Waals surface area contributed by atoms with E-state index in [-0.39, 0.29) is 18.4 Å². The SMILES string of the molecule is COc1ccccc1C1SC[C@@H](C(=O)Nc2nc(-c3ccc(C(=O)NC4CC4)cc3)cs2)N1C(=O)OCc1ccccc1. The number of amides is 3. The number of anilines is 1. The van der Waals surface area contributed by atoms with E-state index in [4.69, 9.17) is 9.47 Å². The lowest BCUT2D eigenvalue weighted by Gasteiger charge is -2.28. The fourth-order valence-electron chi connectivity index (χ4n) is 4.78. The minimum atomic E-state index is -0.792. The molecule has 6 rings (SSSR count). The number of para-hydroxylation sites is 1. The lowest BCUT2D eigenvalue weighted by molar-refractivity contribution is -0.120. The monoisotopic (exact) mass is 614 g/mol. The zero-order valence-corrected chi connectivity index (χ0v) is 25.0. The van der Waals surface area contributed by atoms with E-state index in [1.165, 1.54) is 28.0 Å². The summed E-state index contributed by atoms with van der Waals surface area (Å²) in [7, 11) is 1.58. The van der Waals surface area contributed by atoms with Crippen molar-refractivity contribution in [3.63, 3.8) is 0 Å². The van der Waals surface area contributed by atoms with Gasteiger partial charge >= 0.3 is 6.09 Å². The second-order valence-electron chi connectivity index (χ2n) is 10.2. The van der Waals surface area contributed by atoms with Crippen LogP contribution >= 0.6 is 23.1 Å². The zero-order valence-electron chi connectivity index (χ0n) is 23.4. The maximum atomic E-state index is 13.6. The summed E-state index contributed by atoms with van der Waals surface area (Å²) in [5.41, 5.74) is 3.75. The van der Waals surface area contributed by atoms with Crippen LogP contribution in [0.4, 0.5) is 9.93 Å². The van der Waals surface area contributed by atoms with Crippen LogP contribution in [-0.4, -0.2) is 52.7 Å². The van der Waals surface area contributed by atoms with Gasteiger partial charge in [0, 0.05) is 33.9 Å². The number of methoxy groups -OCH3 is 1. The quantitative estimate of drug-likeness (QED) is 0.234. The minimum absolute atomic E-state index is 0.0759. The zero-order chi connectivity index (χ0) is 29.8. The molecule has 2 fully saturated rings. The first kappa shape index (κ1) is 28.8. The van der Waals surface area contributed by atoms with Gasteiger partial charge in [0.05, 0.1) is 12.8 Å². The fourth-order valence-corrected chi connectivity index (χ4v) is 6.94. The molecule has 1 unspecified atom stereocenters. The van der Waals surface area contributed by atoms with Gasteiger partial charge < -0.3 is 20.1 Å². The van der Waals surface area contributed by atoms with E-state index in [0.29, 0.717) is 33.9 Å². The molecular formula is C32H30N4O5S2. The Bertz CT molecular complexity index is 1610. The van der Waals surface area contributed by atoms with Gasteiger partial charge in [0.2, 0.25) is 5.91 Å². The van der Waals surface area contributed by atoms with Crippen molar-refractivity contribution in [2.75, 3.05) is 18.2 Å². The molecule has 0 bridgehead atoms. The van der Waals surface area contributed by atoms with Crippen LogP contribution in [0.2, 0.25) is 0 Å². The molecule has 1 aliphatic carbocycles. The molecule has 3 amide bonds. The summed E-state index contributed by atoms with van der Waals surface area (Å²) in [6.45, 7) is 0.0880. The number of nitrogens with zero attached hydrogens (tertiary/aromatic N) is 2. The molecular weight excluding hydrogens is 585 g/mol. The molecule has 43 heavy (non-hydrogen) atoms. The summed E-state index contributed by atoms with van der Waals surface area (Å²) >= 11 is 2.77. The maximum absolute atomic E-state index is 13.6. The number of ether oxygens (including phenoxy) is 2. The molecule has 1 aliphatic heterocycles. The molecule has 9 nitrogen and oxygen atoms in total. The van der Waals surface area contributed by atoms with Crippen LogP contribution in [0.5, 0.6) is 5.75 Å². The van der Waals surface area contributed by atoms with E-state index >= 15 is 0 Å². The van der Waals surface area contributed by atoms with Gasteiger partial charge in [0.15, 0.2) is 5.13 Å². The fraction of sp³-hybridized carbons (Fsp3) is 0.250. The number of thioether (sulfide) groups is 1. The normalized spacial score (nSPS) is 17.7. The van der Waals surface area contributed by atoms with Gasteiger partial charge in [-0.1, -0.05) is 60.7 Å². The van der Waals surface area contributed by atoms with Gasteiger partial charge in [-0.05, 0) is 36.6 Å². The summed E-state index contributed by atoms with van der Waals surface area (Å²) in [5, 5.41) is 7.68. The lowest BCUT2D eigenvalue weighted by atomic mass is 10.1. The number of carbonyl (C=O) groups excluding carboxylic acids is 3. The van der Waals surface area contributed by atoms with Crippen LogP contribution in [-0.2, 0) is 16.1 Å². The van der Waals surface area contributed by atoms with Crippen LogP contribution in [0, 0.1) is 0 Å². The molecule has 2 atom stereocenters. The molecule has 0 radical (unpaired) electrons. The molecule has 4 aromatic rings. The Morgan fingerprint density at radius 1 is 0.977 bits per heavy atom. The van der Waals surface area contributed by atoms with Crippen molar-refractivity contribution in [2.24, 2.45) is 0 Å². The third-order valence-electron chi connectivity index (χ3n) is 7.21. The third-order valence-corrected chi connectivity index (χ3v) is 9.28. The third kappa shape index (κ3) is 6.68. The molecule has 220 valence electrons. The lowest BCUT2D eigenvalue weighted by Crippen LogP contribution is -2.45. The highest BCUT2D eigenvalue weighted by Gasteiger charge is 2.44. The highest BCUT2D eigenvalue weighted by molar-refractivity contribution is 7.99. The number of hydrogen-bond acceptors (Lipinski definition) is 8. The van der Waals surface area contributed by atoms with E-state index < -0.39 is 17.5 Å². The Balaban J connectivity index is 1.17. The van der Waals surface area contributed by atoms with Crippen molar-refractivity contribution >= 4 is 46.1 Å². The number of hydrogen-bond donors (Lipinski definition) is 2. The molecule has 1 saturated carbocycles. The molecule has 3 aromatic carbocycles. The molecule has 11 heteroatoms. The van der Waals surface area contributed by atoms with E-state index in [0.717, 1.165) is 29.5 Å². The largest absolute Gasteiger partial charge is 0.496 e. The molecule has 1 aromatic heterocycles. The second kappa shape index (κ2) is 12.9. The standard InChI is InChI=1S/C32H30N4O5S2/c1-40-27-10-6-5-9-24(27)30-36(32(39)41-17-20-7-3-2-4-8-20)26(19-42-30)29(38)35-31-34-25(18-43-31)21-11-13-22(14-12-21)28(37)33-23-15-16-23/h2-14,18,23,26,30H,15-17,19H2,1H3,(H,33,37)(H,34,35,38)/t26-,30?/m0/s1. The van der Waals surface area contributed by atoms with Crippen LogP contribution < -0.4 is 15.4 Å². The highest BCUT2D eigenvalue weighted by atomic mass is 32.2. The topological polar surface area (TPSA) is 110 Å². The first-order valence-corrected chi connectivity index (χ1v) is 15.8. The summed E-state index contributed by atoms with van der Waals surface area (Å²) in [4.78, 5) is 45.5. The van der Waals surface area contributed by atoms with Crippen molar-refractivity contribution < 1.29 is 23.9 Å². The van der Waals surface area contributed by atoms with E-state index in [1.54, 1.807) is 19.2 Å². The summed E-state index contributed by atoms with van der Waals surface area (Å²) in [6.07, 6.45) is 1.48. The first-order valence-electron chi connectivity index (χ1n) is 13.9. The average molecular weight is 615 g/mol. The number of rotatable bonds is 9. The number of thiazole rings is 1. The number of carbonyl (C=O) groups is 3. The van der Waals surface area contributed by atoms with Crippen LogP contribution in [0.1, 0.15) is 39.7 Å². The summed E-state index contributed by atoms with van der Waals surface area (Å²) < 4.78 is 11.3. The Kier molecular flexibility index (Phi) is 8.62. The smallest absolute Gasteiger partial charge is 0.412 e. The van der Waals surface area contributed by atoms with Crippen LogP contribution in [0.25, 0.3) is 11.3 Å². The van der Waals surface area contributed by atoms with Gasteiger partial charge in [0.1, 0.15) is 23.8 Å². The van der Waals surface area contributed by atoms with Crippen molar-refractivity contribution in [1.29, 1.82) is 0 Å². The summed E-state index contributed by atoms with van der Waals surface area (Å²) in [6, 6.07) is 23.6. The van der Waals surface area contributed by atoms with Crippen molar-refractivity contribution in [2.45, 2.75) is 36.9 Å². The van der Waals surface area contributed by atoms with E-state index in [1.807, 2.05) is 72.1 Å². The van der Waals surface area contributed by atoms with Crippen LogP contribution in [0.15, 0.2) is 84.2 Å². The van der Waals surface area contributed by atoms with Crippen molar-refractivity contribution in [3.8, 4) is 17.0 Å². The van der Waals surface area contributed by atoms with Crippen molar-refractivity contribution in [3.05, 3.63) is 101 Å². The van der Waals surface area contributed by atoms with Gasteiger partial charge in [-0.2, -0.15) is 0 Å². The predicted octanol–water partition coefficient (Wildman–Crippen LogP) is 6.10. The number of nitrogens with one attached hydrogen (secondary N) is 2. The Hall–Kier alpha value is -4.35. The second-order valence-corrected chi connectivity index (χ2v) is 12.2. The molecule has 2 heterocycles. The van der Waals surface area contributed by atoms with E-state index in [2.05, 4.69) is 15.6 Å². The predicted molar refractivity (Wildman–Crippen MR) is 167 cm³/mol. The Labute approximate surface area is 257 Å². The molecule has 2 N–H and O–H groups in total.